The Morgan fingerprint density at radius 3 is 2.03 bits per heavy atom. The van der Waals surface area contributed by atoms with Crippen LogP contribution in [-0.4, -0.2) is 117 Å². The van der Waals surface area contributed by atoms with E-state index in [1.807, 2.05) is 0 Å². The number of amides is 1. The first-order valence-electron chi connectivity index (χ1n) is 22.9. The van der Waals surface area contributed by atoms with Gasteiger partial charge in [0.05, 0.1) is 29.6 Å². The van der Waals surface area contributed by atoms with Crippen molar-refractivity contribution in [3.63, 3.8) is 0 Å². The van der Waals surface area contributed by atoms with E-state index in [0.29, 0.717) is 5.56 Å². The summed E-state index contributed by atoms with van der Waals surface area (Å²) < 4.78 is 44.6. The Balaban J connectivity index is 1.39. The summed E-state index contributed by atoms with van der Waals surface area (Å²) in [6.07, 6.45) is -14.0. The van der Waals surface area contributed by atoms with E-state index in [1.54, 1.807) is 66.7 Å². The van der Waals surface area contributed by atoms with Crippen LogP contribution in [0.15, 0.2) is 102 Å². The molecule has 1 aliphatic heterocycles. The summed E-state index contributed by atoms with van der Waals surface area (Å²) in [6.45, 7) is 6.57. The minimum Gasteiger partial charge on any atom is -0.455 e. The van der Waals surface area contributed by atoms with Crippen molar-refractivity contribution in [2.45, 2.75) is 119 Å². The van der Waals surface area contributed by atoms with Crippen LogP contribution >= 0.6 is 34.8 Å². The summed E-state index contributed by atoms with van der Waals surface area (Å²) in [6, 6.07) is 22.5. The van der Waals surface area contributed by atoms with Crippen LogP contribution in [-0.2, 0) is 63.7 Å². The number of benzene rings is 3. The predicted octanol–water partition coefficient (Wildman–Crippen LogP) is 6.76. The Kier molecular flexibility index (Phi) is 15.8. The topological polar surface area (TPSA) is 246 Å². The number of rotatable bonds is 13. The molecule has 1 amide bonds. The summed E-state index contributed by atoms with van der Waals surface area (Å²) >= 11 is 17.6. The molecule has 1 heterocycles. The molecular weight excluding hydrogens is 1000 g/mol. The molecule has 0 spiro atoms. The summed E-state index contributed by atoms with van der Waals surface area (Å²) in [5, 5.41) is 28.6. The van der Waals surface area contributed by atoms with Gasteiger partial charge in [0.1, 0.15) is 43.2 Å². The van der Waals surface area contributed by atoms with Crippen molar-refractivity contribution in [2.75, 3.05) is 13.2 Å². The quantitative estimate of drug-likeness (QED) is 0.0692. The van der Waals surface area contributed by atoms with Gasteiger partial charge in [0.25, 0.3) is 0 Å². The van der Waals surface area contributed by atoms with Gasteiger partial charge in [-0.1, -0.05) is 128 Å². The minimum atomic E-state index is -2.52. The molecule has 3 N–H and O–H groups in total. The van der Waals surface area contributed by atoms with Crippen LogP contribution in [0.4, 0.5) is 9.59 Å². The van der Waals surface area contributed by atoms with Crippen molar-refractivity contribution >= 4 is 76.7 Å². The molecule has 2 saturated carbocycles. The zero-order valence-corrected chi connectivity index (χ0v) is 42.2. The summed E-state index contributed by atoms with van der Waals surface area (Å²) in [5.41, 5.74) is -7.52. The normalized spacial score (nSPS) is 29.1. The first-order valence-corrected chi connectivity index (χ1v) is 24.0. The van der Waals surface area contributed by atoms with Crippen molar-refractivity contribution in [3.05, 3.63) is 119 Å². The second-order valence-electron chi connectivity index (χ2n) is 19.0. The van der Waals surface area contributed by atoms with Crippen LogP contribution in [0.25, 0.3) is 0 Å². The van der Waals surface area contributed by atoms with Gasteiger partial charge in [-0.2, -0.15) is 0 Å². The Labute approximate surface area is 429 Å². The lowest BCUT2D eigenvalue weighted by molar-refractivity contribution is -0.346. The minimum absolute atomic E-state index is 0.0141. The number of aliphatic hydroxyl groups is 2. The average molecular weight is 1060 g/mol. The van der Waals surface area contributed by atoms with Gasteiger partial charge < -0.3 is 53.4 Å². The molecule has 11 atom stereocenters. The number of alkyl halides is 3. The summed E-state index contributed by atoms with van der Waals surface area (Å²) in [5.74, 6) is -6.73. The van der Waals surface area contributed by atoms with E-state index >= 15 is 9.59 Å². The molecular formula is C51H54Cl3NO17. The van der Waals surface area contributed by atoms with Gasteiger partial charge in [-0.25, -0.2) is 19.2 Å². The van der Waals surface area contributed by atoms with Crippen LogP contribution in [0.5, 0.6) is 0 Å². The maximum absolute atomic E-state index is 15.7. The lowest BCUT2D eigenvalue weighted by atomic mass is 9.44. The van der Waals surface area contributed by atoms with Gasteiger partial charge in [-0.3, -0.25) is 14.4 Å². The van der Waals surface area contributed by atoms with E-state index in [1.165, 1.54) is 52.0 Å². The monoisotopic (exact) mass is 1060 g/mol. The molecule has 72 heavy (non-hydrogen) atoms. The average Bonchev–Trinajstić information content (AvgIpc) is 3.32. The summed E-state index contributed by atoms with van der Waals surface area (Å²) in [4.78, 5) is 98.6. The second kappa shape index (κ2) is 21.0. The lowest BCUT2D eigenvalue weighted by Crippen LogP contribution is -2.82. The third kappa shape index (κ3) is 10.5. The molecule has 21 heteroatoms. The highest BCUT2D eigenvalue weighted by molar-refractivity contribution is 6.67. The number of nitrogens with one attached hydrogen (secondary N) is 1. The van der Waals surface area contributed by atoms with Crippen LogP contribution in [0, 0.1) is 16.7 Å². The molecule has 0 aromatic heterocycles. The number of aliphatic hydroxyl groups excluding tert-OH is 1. The largest absolute Gasteiger partial charge is 0.509 e. The van der Waals surface area contributed by atoms with Crippen molar-refractivity contribution in [3.8, 4) is 0 Å². The molecule has 3 aliphatic carbocycles. The van der Waals surface area contributed by atoms with Crippen molar-refractivity contribution in [1.29, 1.82) is 0 Å². The van der Waals surface area contributed by atoms with Crippen molar-refractivity contribution < 1.29 is 81.7 Å². The fraction of sp³-hybridized carbons (Fsp3) is 0.471. The number of hydrogen-bond acceptors (Lipinski definition) is 17. The highest BCUT2D eigenvalue weighted by Gasteiger charge is 2.78. The van der Waals surface area contributed by atoms with Gasteiger partial charge in [0, 0.05) is 32.1 Å². The van der Waals surface area contributed by atoms with Crippen molar-refractivity contribution in [1.82, 2.24) is 5.32 Å². The number of hydrogen-bond donors (Lipinski definition) is 3. The predicted molar refractivity (Wildman–Crippen MR) is 254 cm³/mol. The number of halogens is 3. The molecule has 18 nitrogen and oxygen atoms in total. The van der Waals surface area contributed by atoms with Gasteiger partial charge in [-0.15, -0.1) is 0 Å². The van der Waals surface area contributed by atoms with Crippen LogP contribution < -0.4 is 5.32 Å². The van der Waals surface area contributed by atoms with Gasteiger partial charge >= 0.3 is 36.1 Å². The molecule has 7 rings (SSSR count). The van der Waals surface area contributed by atoms with Crippen LogP contribution in [0.2, 0.25) is 0 Å². The Bertz CT molecular complexity index is 2590. The number of carbonyl (C=O) groups excluding carboxylic acids is 7. The van der Waals surface area contributed by atoms with E-state index in [0.717, 1.165) is 13.8 Å². The number of Topliss-reactive ketones (excluding diaryl/α,β-unsaturated/α-hetero) is 1. The second-order valence-corrected chi connectivity index (χ2v) is 21.5. The standard InChI is InChI=1S/C51H54Cl3NO17/c1-27-33(69-44(61)39(70-46(63)67-26-51(52,53)54)37(31-18-12-8-13-19-31)55-45(62)65-24-30-16-10-7-11-17-30)23-50(64)42(71-43(60)32-20-14-9-15-21-32)40-48(6,34(58)22-35-49(40,25-66-35)72-29(3)57)41(59)38(68-28(2)56)36(27)47(50,4)5/h7-21,33-35,37-40,42,58,64H,22-26H2,1-6H3,(H,55,62)/t33?,34-,35?,37-,38+,39?,40?,42-,48+,49-,50+/m0/s1. The number of fused-ring (bicyclic) bond motifs is 5. The van der Waals surface area contributed by atoms with E-state index in [-0.39, 0.29) is 41.9 Å². The molecule has 4 unspecified atom stereocenters. The van der Waals surface area contributed by atoms with E-state index in [4.69, 9.17) is 72.7 Å². The zero-order valence-electron chi connectivity index (χ0n) is 40.0. The number of ketones is 1. The molecule has 3 aromatic carbocycles. The molecule has 3 fully saturated rings. The number of esters is 4. The first kappa shape index (κ1) is 54.0. The molecule has 2 bridgehead atoms. The van der Waals surface area contributed by atoms with E-state index in [9.17, 15) is 34.2 Å². The summed E-state index contributed by atoms with van der Waals surface area (Å²) in [7, 11) is 0. The number of ether oxygens (including phenoxy) is 8. The molecule has 3 aromatic rings. The zero-order chi connectivity index (χ0) is 52.6. The number of carbonyl (C=O) groups is 7. The number of alkyl carbamates (subject to hydrolysis) is 1. The van der Waals surface area contributed by atoms with Crippen LogP contribution in [0.1, 0.15) is 81.9 Å². The lowest BCUT2D eigenvalue weighted by Gasteiger charge is -2.67. The first-order chi connectivity index (χ1) is 33.8. The SMILES string of the molecule is CC(=O)O[C@H]1C(=O)[C@@]2(C)C([C@H](OC(=O)c3ccccc3)[C@]3(O)CC(OC(=O)C(OC(=O)OCC(Cl)(Cl)Cl)[C@@H](NC(=O)OCc4ccccc4)c4ccccc4)C(C)=C1C3(C)C)[C@]1(OC(C)=O)COC1C[C@@H]2O. The van der Waals surface area contributed by atoms with Gasteiger partial charge in [0.15, 0.2) is 17.5 Å². The van der Waals surface area contributed by atoms with E-state index < -0.39 is 129 Å². The fourth-order valence-electron chi connectivity index (χ4n) is 10.6. The smallest absolute Gasteiger partial charge is 0.455 e. The van der Waals surface area contributed by atoms with E-state index in [2.05, 4.69) is 5.32 Å². The maximum Gasteiger partial charge on any atom is 0.509 e. The Hall–Kier alpha value is -5.76. The molecule has 386 valence electrons. The maximum atomic E-state index is 15.7. The Morgan fingerprint density at radius 1 is 0.847 bits per heavy atom. The highest BCUT2D eigenvalue weighted by Crippen LogP contribution is 2.64. The molecule has 4 aliphatic rings. The Morgan fingerprint density at radius 2 is 1.46 bits per heavy atom. The van der Waals surface area contributed by atoms with Gasteiger partial charge in [-0.05, 0) is 48.3 Å². The third-order valence-corrected chi connectivity index (χ3v) is 14.5. The third-order valence-electron chi connectivity index (χ3n) is 14.2. The highest BCUT2D eigenvalue weighted by atomic mass is 35.6. The fourth-order valence-corrected chi connectivity index (χ4v) is 10.8. The molecule has 0 radical (unpaired) electrons. The van der Waals surface area contributed by atoms with Gasteiger partial charge in [0.2, 0.25) is 9.90 Å². The van der Waals surface area contributed by atoms with Crippen molar-refractivity contribution in [2.24, 2.45) is 16.7 Å². The molecule has 1 saturated heterocycles. The van der Waals surface area contributed by atoms with Crippen LogP contribution in [0.3, 0.4) is 0 Å².